The van der Waals surface area contributed by atoms with E-state index in [1.807, 2.05) is 6.07 Å². The van der Waals surface area contributed by atoms with Crippen molar-refractivity contribution in [3.05, 3.63) is 41.5 Å². The fourth-order valence-corrected chi connectivity index (χ4v) is 2.48. The van der Waals surface area contributed by atoms with Crippen LogP contribution >= 0.6 is 0 Å². The lowest BCUT2D eigenvalue weighted by atomic mass is 10.1. The lowest BCUT2D eigenvalue weighted by molar-refractivity contribution is -0.116. The van der Waals surface area contributed by atoms with Crippen LogP contribution in [0.4, 0.5) is 0 Å². The largest absolute Gasteiger partial charge is 0.313 e. The van der Waals surface area contributed by atoms with Crippen molar-refractivity contribution in [2.24, 2.45) is 0 Å². The number of hydrogen-bond acceptors (Lipinski definition) is 3. The third kappa shape index (κ3) is 5.27. The van der Waals surface area contributed by atoms with Gasteiger partial charge in [0.1, 0.15) is 5.78 Å². The Morgan fingerprint density at radius 1 is 1.35 bits per heavy atom. The Morgan fingerprint density at radius 2 is 2.15 bits per heavy atom. The van der Waals surface area contributed by atoms with Gasteiger partial charge in [-0.2, -0.15) is 0 Å². The van der Waals surface area contributed by atoms with Gasteiger partial charge >= 0.3 is 0 Å². The Morgan fingerprint density at radius 3 is 2.85 bits per heavy atom. The smallest absolute Gasteiger partial charge is 0.148 e. The van der Waals surface area contributed by atoms with Gasteiger partial charge < -0.3 is 5.32 Å². The van der Waals surface area contributed by atoms with Crippen LogP contribution in [0.2, 0.25) is 0 Å². The lowest BCUT2D eigenvalue weighted by Crippen LogP contribution is -2.26. The number of nitrogens with zero attached hydrogens (tertiary/aromatic N) is 1. The molecule has 20 heavy (non-hydrogen) atoms. The summed E-state index contributed by atoms with van der Waals surface area (Å²) in [4.78, 5) is 13.4. The molecule has 0 saturated carbocycles. The van der Waals surface area contributed by atoms with Crippen LogP contribution in [0.5, 0.6) is 0 Å². The number of hydrogen-bond donors (Lipinski definition) is 1. The van der Waals surface area contributed by atoms with E-state index in [9.17, 15) is 4.79 Å². The standard InChI is InChI=1S/C17H24N2O/c1-15(12-16-6-3-2-4-7-16)13-18-9-5-10-19-11-8-17(20)14-19/h2-4,6-7,12,18H,5,8-11,13-14H2,1H3/b15-12+. The second-order valence-corrected chi connectivity index (χ2v) is 5.50. The zero-order valence-corrected chi connectivity index (χ0v) is 12.3. The minimum Gasteiger partial charge on any atom is -0.313 e. The van der Waals surface area contributed by atoms with E-state index in [0.717, 1.165) is 39.0 Å². The number of rotatable bonds is 7. The molecule has 2 rings (SSSR count). The zero-order chi connectivity index (χ0) is 14.2. The van der Waals surface area contributed by atoms with Crippen molar-refractivity contribution in [2.45, 2.75) is 19.8 Å². The summed E-state index contributed by atoms with van der Waals surface area (Å²) in [5, 5.41) is 3.46. The van der Waals surface area contributed by atoms with Crippen LogP contribution < -0.4 is 5.32 Å². The quantitative estimate of drug-likeness (QED) is 0.773. The van der Waals surface area contributed by atoms with Crippen molar-refractivity contribution < 1.29 is 4.79 Å². The van der Waals surface area contributed by atoms with Gasteiger partial charge in [-0.05, 0) is 32.0 Å². The highest BCUT2D eigenvalue weighted by atomic mass is 16.1. The average Bonchev–Trinajstić information content (AvgIpc) is 2.85. The van der Waals surface area contributed by atoms with Gasteiger partial charge in [0.05, 0.1) is 6.54 Å². The van der Waals surface area contributed by atoms with Crippen molar-refractivity contribution in [3.8, 4) is 0 Å². The first-order chi connectivity index (χ1) is 9.74. The van der Waals surface area contributed by atoms with Crippen LogP contribution in [-0.2, 0) is 4.79 Å². The first-order valence-corrected chi connectivity index (χ1v) is 7.41. The zero-order valence-electron chi connectivity index (χ0n) is 12.3. The van der Waals surface area contributed by atoms with E-state index in [1.54, 1.807) is 0 Å². The number of nitrogens with one attached hydrogen (secondary N) is 1. The molecule has 0 unspecified atom stereocenters. The summed E-state index contributed by atoms with van der Waals surface area (Å²) < 4.78 is 0. The minimum atomic E-state index is 0.389. The van der Waals surface area contributed by atoms with E-state index in [0.29, 0.717) is 12.3 Å². The summed E-state index contributed by atoms with van der Waals surface area (Å²) >= 11 is 0. The molecule has 3 heteroatoms. The molecule has 0 aromatic heterocycles. The van der Waals surface area contributed by atoms with Crippen molar-refractivity contribution >= 4 is 11.9 Å². The van der Waals surface area contributed by atoms with Gasteiger partial charge in [-0.3, -0.25) is 9.69 Å². The Balaban J connectivity index is 1.59. The van der Waals surface area contributed by atoms with Crippen LogP contribution in [0.3, 0.4) is 0 Å². The van der Waals surface area contributed by atoms with Crippen LogP contribution in [0, 0.1) is 0 Å². The van der Waals surface area contributed by atoms with Gasteiger partial charge in [-0.15, -0.1) is 0 Å². The molecule has 1 saturated heterocycles. The number of Topliss-reactive ketones (excluding diaryl/α,β-unsaturated/α-hetero) is 1. The monoisotopic (exact) mass is 272 g/mol. The fourth-order valence-electron chi connectivity index (χ4n) is 2.48. The first kappa shape index (κ1) is 14.9. The maximum absolute atomic E-state index is 11.1. The molecule has 1 aliphatic rings. The highest BCUT2D eigenvalue weighted by Crippen LogP contribution is 2.06. The molecule has 1 N–H and O–H groups in total. The Bertz CT molecular complexity index is 453. The summed E-state index contributed by atoms with van der Waals surface area (Å²) in [5.41, 5.74) is 2.59. The van der Waals surface area contributed by atoms with Gasteiger partial charge in [0, 0.05) is 19.5 Å². The normalized spacial score (nSPS) is 16.9. The van der Waals surface area contributed by atoms with Gasteiger partial charge in [0.15, 0.2) is 0 Å². The molecule has 0 radical (unpaired) electrons. The molecular formula is C17H24N2O. The van der Waals surface area contributed by atoms with Crippen LogP contribution in [0.25, 0.3) is 6.08 Å². The van der Waals surface area contributed by atoms with E-state index in [2.05, 4.69) is 47.5 Å². The number of benzene rings is 1. The summed E-state index contributed by atoms with van der Waals surface area (Å²) in [6.07, 6.45) is 4.06. The van der Waals surface area contributed by atoms with Crippen molar-refractivity contribution in [1.82, 2.24) is 10.2 Å². The molecule has 0 atom stereocenters. The molecule has 0 amide bonds. The third-order valence-electron chi connectivity index (χ3n) is 3.55. The van der Waals surface area contributed by atoms with Gasteiger partial charge in [-0.25, -0.2) is 0 Å². The Labute approximate surface area is 121 Å². The third-order valence-corrected chi connectivity index (χ3v) is 3.55. The maximum Gasteiger partial charge on any atom is 0.148 e. The first-order valence-electron chi connectivity index (χ1n) is 7.41. The second kappa shape index (κ2) is 7.98. The molecule has 1 aliphatic heterocycles. The Kier molecular flexibility index (Phi) is 5.96. The predicted octanol–water partition coefficient (Wildman–Crippen LogP) is 2.34. The number of carbonyl (C=O) groups is 1. The SMILES string of the molecule is C/C(=C\c1ccccc1)CNCCCN1CCC(=O)C1. The van der Waals surface area contributed by atoms with Crippen LogP contribution in [0.15, 0.2) is 35.9 Å². The second-order valence-electron chi connectivity index (χ2n) is 5.50. The van der Waals surface area contributed by atoms with Gasteiger partial charge in [0.2, 0.25) is 0 Å². The van der Waals surface area contributed by atoms with Gasteiger partial charge in [-0.1, -0.05) is 42.0 Å². The highest BCUT2D eigenvalue weighted by molar-refractivity contribution is 5.82. The highest BCUT2D eigenvalue weighted by Gasteiger charge is 2.17. The topological polar surface area (TPSA) is 32.3 Å². The average molecular weight is 272 g/mol. The van der Waals surface area contributed by atoms with Crippen LogP contribution in [-0.4, -0.2) is 43.4 Å². The molecule has 0 aliphatic carbocycles. The summed E-state index contributed by atoms with van der Waals surface area (Å²) in [6, 6.07) is 10.4. The molecule has 3 nitrogen and oxygen atoms in total. The number of likely N-dealkylation sites (tertiary alicyclic amines) is 1. The molecule has 1 aromatic rings. The molecule has 1 heterocycles. The molecule has 108 valence electrons. The lowest BCUT2D eigenvalue weighted by Gasteiger charge is -2.13. The van der Waals surface area contributed by atoms with E-state index in [-0.39, 0.29) is 0 Å². The number of ketones is 1. The van der Waals surface area contributed by atoms with Crippen LogP contribution in [0.1, 0.15) is 25.3 Å². The molecule has 1 fully saturated rings. The Hall–Kier alpha value is -1.45. The van der Waals surface area contributed by atoms with Crippen molar-refractivity contribution in [2.75, 3.05) is 32.7 Å². The van der Waals surface area contributed by atoms with Gasteiger partial charge in [0.25, 0.3) is 0 Å². The molecule has 0 spiro atoms. The fraction of sp³-hybridized carbons (Fsp3) is 0.471. The molecule has 1 aromatic carbocycles. The molecular weight excluding hydrogens is 248 g/mol. The van der Waals surface area contributed by atoms with E-state index in [4.69, 9.17) is 0 Å². The summed E-state index contributed by atoms with van der Waals surface area (Å²) in [6.45, 7) is 6.72. The summed E-state index contributed by atoms with van der Waals surface area (Å²) in [5.74, 6) is 0.389. The predicted molar refractivity (Wildman–Crippen MR) is 83.6 cm³/mol. The maximum atomic E-state index is 11.1. The van der Waals surface area contributed by atoms with Crippen molar-refractivity contribution in [3.63, 3.8) is 0 Å². The van der Waals surface area contributed by atoms with E-state index in [1.165, 1.54) is 11.1 Å². The molecule has 0 bridgehead atoms. The van der Waals surface area contributed by atoms with E-state index >= 15 is 0 Å². The number of carbonyl (C=O) groups excluding carboxylic acids is 1. The minimum absolute atomic E-state index is 0.389. The van der Waals surface area contributed by atoms with Crippen molar-refractivity contribution in [1.29, 1.82) is 0 Å². The summed E-state index contributed by atoms with van der Waals surface area (Å²) in [7, 11) is 0. The van der Waals surface area contributed by atoms with E-state index < -0.39 is 0 Å².